The molecule has 1 N–H and O–H groups in total. The maximum absolute atomic E-state index is 11.7. The lowest BCUT2D eigenvalue weighted by molar-refractivity contribution is -0.129. The van der Waals surface area contributed by atoms with Crippen molar-refractivity contribution >= 4 is 12.0 Å². The molecule has 2 amide bonds. The molecule has 0 aromatic heterocycles. The quantitative estimate of drug-likeness (QED) is 0.875. The van der Waals surface area contributed by atoms with Gasteiger partial charge in [-0.25, -0.2) is 4.79 Å². The minimum Gasteiger partial charge on any atom is -0.445 e. The van der Waals surface area contributed by atoms with Crippen LogP contribution in [-0.2, 0) is 16.1 Å². The van der Waals surface area contributed by atoms with Gasteiger partial charge >= 0.3 is 6.09 Å². The molecule has 2 aromatic carbocycles. The summed E-state index contributed by atoms with van der Waals surface area (Å²) in [4.78, 5) is 24.9. The summed E-state index contributed by atoms with van der Waals surface area (Å²) in [7, 11) is 0. The number of hydrogen-bond acceptors (Lipinski definition) is 3. The molecule has 1 saturated heterocycles. The Hall–Kier alpha value is -2.82. The summed E-state index contributed by atoms with van der Waals surface area (Å²) in [6, 6.07) is 21.4. The molecule has 2 aromatic rings. The third-order valence-corrected chi connectivity index (χ3v) is 3.72. The zero-order valence-corrected chi connectivity index (χ0v) is 16.3. The Morgan fingerprint density at radius 3 is 1.89 bits per heavy atom. The molecule has 0 saturated carbocycles. The van der Waals surface area contributed by atoms with Crippen molar-refractivity contribution < 1.29 is 14.3 Å². The first-order chi connectivity index (χ1) is 13.3. The standard InChI is InChI=1S/C14H18N2O3.C6H6.C2H6/c17-13(16-8-4-5-9-16)10-15-14(18)19-11-12-6-2-1-3-7-12;1-2-4-6-5-3-1;1-2/h1-3,6-7H,4-5,8-11H2,(H,15,18);1-6H;1-2H3. The van der Waals surface area contributed by atoms with Gasteiger partial charge in [-0.15, -0.1) is 0 Å². The first-order valence-corrected chi connectivity index (χ1v) is 9.48. The summed E-state index contributed by atoms with van der Waals surface area (Å²) in [5.74, 6) is -0.0471. The molecule has 27 heavy (non-hydrogen) atoms. The summed E-state index contributed by atoms with van der Waals surface area (Å²) >= 11 is 0. The van der Waals surface area contributed by atoms with E-state index < -0.39 is 6.09 Å². The van der Waals surface area contributed by atoms with E-state index in [9.17, 15) is 9.59 Å². The van der Waals surface area contributed by atoms with Crippen molar-refractivity contribution in [1.82, 2.24) is 10.2 Å². The molecule has 1 aliphatic heterocycles. The van der Waals surface area contributed by atoms with Gasteiger partial charge in [0.15, 0.2) is 0 Å². The van der Waals surface area contributed by atoms with E-state index in [1.54, 1.807) is 4.90 Å². The fourth-order valence-corrected chi connectivity index (χ4v) is 2.39. The summed E-state index contributed by atoms with van der Waals surface area (Å²) in [5.41, 5.74) is 0.920. The minimum absolute atomic E-state index is 0.00756. The van der Waals surface area contributed by atoms with Crippen LogP contribution < -0.4 is 5.32 Å². The Morgan fingerprint density at radius 2 is 1.37 bits per heavy atom. The second-order valence-corrected chi connectivity index (χ2v) is 5.66. The number of hydrogen-bond donors (Lipinski definition) is 1. The van der Waals surface area contributed by atoms with Gasteiger partial charge in [0.1, 0.15) is 13.2 Å². The van der Waals surface area contributed by atoms with Crippen molar-refractivity contribution in [2.75, 3.05) is 19.6 Å². The van der Waals surface area contributed by atoms with Gasteiger partial charge in [-0.05, 0) is 18.4 Å². The highest BCUT2D eigenvalue weighted by Crippen LogP contribution is 2.06. The first kappa shape index (κ1) is 22.2. The number of nitrogens with zero attached hydrogens (tertiary/aromatic N) is 1. The Labute approximate surface area is 162 Å². The topological polar surface area (TPSA) is 58.6 Å². The second-order valence-electron chi connectivity index (χ2n) is 5.66. The van der Waals surface area contributed by atoms with Gasteiger partial charge in [-0.3, -0.25) is 4.79 Å². The molecule has 0 bridgehead atoms. The van der Waals surface area contributed by atoms with Crippen LogP contribution in [0, 0.1) is 0 Å². The highest BCUT2D eigenvalue weighted by molar-refractivity contribution is 5.82. The van der Waals surface area contributed by atoms with Crippen molar-refractivity contribution in [1.29, 1.82) is 0 Å². The lowest BCUT2D eigenvalue weighted by atomic mass is 10.2. The molecule has 0 unspecified atom stereocenters. The summed E-state index contributed by atoms with van der Waals surface area (Å²) in [6.07, 6.45) is 1.53. The van der Waals surface area contributed by atoms with Crippen LogP contribution in [0.2, 0.25) is 0 Å². The van der Waals surface area contributed by atoms with E-state index in [0.29, 0.717) is 0 Å². The second kappa shape index (κ2) is 14.4. The molecular formula is C22H30N2O3. The van der Waals surface area contributed by atoms with Crippen molar-refractivity contribution in [3.05, 3.63) is 72.3 Å². The Kier molecular flexibility index (Phi) is 11.8. The third kappa shape index (κ3) is 10.0. The number of nitrogens with one attached hydrogen (secondary N) is 1. The lowest BCUT2D eigenvalue weighted by Gasteiger charge is -2.15. The van der Waals surface area contributed by atoms with Crippen LogP contribution in [0.4, 0.5) is 4.79 Å². The van der Waals surface area contributed by atoms with E-state index in [-0.39, 0.29) is 19.1 Å². The average molecular weight is 370 g/mol. The predicted octanol–water partition coefficient (Wildman–Crippen LogP) is 4.25. The van der Waals surface area contributed by atoms with Crippen molar-refractivity contribution in [2.24, 2.45) is 0 Å². The smallest absolute Gasteiger partial charge is 0.407 e. The first-order valence-electron chi connectivity index (χ1n) is 9.48. The molecule has 5 heteroatoms. The minimum atomic E-state index is -0.559. The van der Waals surface area contributed by atoms with E-state index in [2.05, 4.69) is 5.32 Å². The molecule has 0 aliphatic carbocycles. The molecular weight excluding hydrogens is 340 g/mol. The van der Waals surface area contributed by atoms with Gasteiger partial charge in [0.25, 0.3) is 0 Å². The fraction of sp³-hybridized carbons (Fsp3) is 0.364. The van der Waals surface area contributed by atoms with Gasteiger partial charge in [-0.2, -0.15) is 0 Å². The van der Waals surface area contributed by atoms with Crippen LogP contribution in [0.3, 0.4) is 0 Å². The van der Waals surface area contributed by atoms with E-state index in [0.717, 1.165) is 31.5 Å². The van der Waals surface area contributed by atoms with E-state index in [4.69, 9.17) is 4.74 Å². The maximum Gasteiger partial charge on any atom is 0.407 e. The zero-order chi connectivity index (χ0) is 19.7. The lowest BCUT2D eigenvalue weighted by Crippen LogP contribution is -2.38. The molecule has 5 nitrogen and oxygen atoms in total. The predicted molar refractivity (Wildman–Crippen MR) is 108 cm³/mol. The van der Waals surface area contributed by atoms with Gasteiger partial charge in [0.2, 0.25) is 5.91 Å². The van der Waals surface area contributed by atoms with Crippen LogP contribution in [0.15, 0.2) is 66.7 Å². The molecule has 0 atom stereocenters. The number of amides is 2. The van der Waals surface area contributed by atoms with Crippen molar-refractivity contribution in [2.45, 2.75) is 33.3 Å². The molecule has 0 spiro atoms. The van der Waals surface area contributed by atoms with Crippen LogP contribution >= 0.6 is 0 Å². The Morgan fingerprint density at radius 1 is 0.889 bits per heavy atom. The molecule has 1 aliphatic rings. The number of alkyl carbamates (subject to hydrolysis) is 1. The van der Waals surface area contributed by atoms with Crippen LogP contribution in [0.5, 0.6) is 0 Å². The normalized spacial score (nSPS) is 12.0. The average Bonchev–Trinajstić information content (AvgIpc) is 3.29. The van der Waals surface area contributed by atoms with Gasteiger partial charge in [-0.1, -0.05) is 80.6 Å². The number of likely N-dealkylation sites (tertiary alicyclic amines) is 1. The molecule has 3 rings (SSSR count). The number of ether oxygens (including phenoxy) is 1. The highest BCUT2D eigenvalue weighted by atomic mass is 16.5. The Balaban J connectivity index is 0.000000381. The Bertz CT molecular complexity index is 600. The van der Waals surface area contributed by atoms with Crippen LogP contribution in [-0.4, -0.2) is 36.5 Å². The molecule has 0 radical (unpaired) electrons. The van der Waals surface area contributed by atoms with Crippen molar-refractivity contribution in [3.63, 3.8) is 0 Å². The van der Waals surface area contributed by atoms with Crippen LogP contribution in [0.1, 0.15) is 32.3 Å². The summed E-state index contributed by atoms with van der Waals surface area (Å²) in [6.45, 7) is 5.80. The number of benzene rings is 2. The molecule has 1 fully saturated rings. The highest BCUT2D eigenvalue weighted by Gasteiger charge is 2.18. The van der Waals surface area contributed by atoms with E-state index in [1.807, 2.05) is 80.6 Å². The summed E-state index contributed by atoms with van der Waals surface area (Å²) in [5, 5.41) is 2.48. The maximum atomic E-state index is 11.7. The molecule has 146 valence electrons. The van der Waals surface area contributed by atoms with Crippen LogP contribution in [0.25, 0.3) is 0 Å². The largest absolute Gasteiger partial charge is 0.445 e. The third-order valence-electron chi connectivity index (χ3n) is 3.72. The summed E-state index contributed by atoms with van der Waals surface area (Å²) < 4.78 is 5.02. The van der Waals surface area contributed by atoms with E-state index in [1.165, 1.54) is 0 Å². The van der Waals surface area contributed by atoms with Gasteiger partial charge < -0.3 is 15.0 Å². The number of carbonyl (C=O) groups is 2. The fourth-order valence-electron chi connectivity index (χ4n) is 2.39. The number of carbonyl (C=O) groups excluding carboxylic acids is 2. The number of rotatable bonds is 4. The van der Waals surface area contributed by atoms with E-state index >= 15 is 0 Å². The van der Waals surface area contributed by atoms with Crippen molar-refractivity contribution in [3.8, 4) is 0 Å². The monoisotopic (exact) mass is 370 g/mol. The van der Waals surface area contributed by atoms with Gasteiger partial charge in [0.05, 0.1) is 0 Å². The zero-order valence-electron chi connectivity index (χ0n) is 16.3. The van der Waals surface area contributed by atoms with Gasteiger partial charge in [0, 0.05) is 13.1 Å². The SMILES string of the molecule is CC.O=C(NCC(=O)N1CCCC1)OCc1ccccc1.c1ccccc1. The molecule has 1 heterocycles.